The molecule has 8 nitrogen and oxygen atoms in total. The van der Waals surface area contributed by atoms with Crippen molar-refractivity contribution in [2.24, 2.45) is 0 Å². The van der Waals surface area contributed by atoms with Gasteiger partial charge in [-0.3, -0.25) is 9.59 Å². The Kier molecular flexibility index (Phi) is 7.43. The number of methoxy groups -OCH3 is 2. The largest absolute Gasteiger partial charge is 0.493 e. The molecule has 32 heavy (non-hydrogen) atoms. The zero-order chi connectivity index (χ0) is 23.1. The Labute approximate surface area is 184 Å². The van der Waals surface area contributed by atoms with Gasteiger partial charge in [-0.15, -0.1) is 0 Å². The van der Waals surface area contributed by atoms with E-state index in [9.17, 15) is 14.0 Å². The molecule has 0 aliphatic rings. The Hall–Kier alpha value is -3.88. The second-order valence-electron chi connectivity index (χ2n) is 6.83. The highest BCUT2D eigenvalue weighted by Crippen LogP contribution is 2.31. The Morgan fingerprint density at radius 3 is 2.53 bits per heavy atom. The lowest BCUT2D eigenvalue weighted by Crippen LogP contribution is -2.39. The summed E-state index contributed by atoms with van der Waals surface area (Å²) in [6.07, 6.45) is -0.908. The number of nitrogens with one attached hydrogen (secondary N) is 1. The monoisotopic (exact) mass is 441 g/mol. The van der Waals surface area contributed by atoms with Crippen LogP contribution >= 0.6 is 0 Å². The molecular formula is C23H24FN3O5. The minimum atomic E-state index is -0.908. The molecule has 3 aromatic rings. The molecule has 0 aliphatic heterocycles. The Morgan fingerprint density at radius 2 is 1.81 bits per heavy atom. The molecule has 1 N–H and O–H groups in total. The number of hydrogen-bond acceptors (Lipinski definition) is 6. The first-order valence-corrected chi connectivity index (χ1v) is 9.92. The first-order valence-electron chi connectivity index (χ1n) is 9.92. The number of benzene rings is 2. The fraction of sp³-hybridized carbons (Fsp3) is 0.261. The summed E-state index contributed by atoms with van der Waals surface area (Å²) in [7, 11) is 3.09. The summed E-state index contributed by atoms with van der Waals surface area (Å²) in [5.41, 5.74) is 1.000. The molecule has 0 spiro atoms. The van der Waals surface area contributed by atoms with Gasteiger partial charge in [0.2, 0.25) is 0 Å². The van der Waals surface area contributed by atoms with Gasteiger partial charge in [0.15, 0.2) is 29.2 Å². The van der Waals surface area contributed by atoms with Crippen molar-refractivity contribution in [3.8, 4) is 28.5 Å². The first kappa shape index (κ1) is 22.8. The summed E-state index contributed by atoms with van der Waals surface area (Å²) in [5, 5.41) is 7.04. The lowest BCUT2D eigenvalue weighted by Gasteiger charge is -2.15. The van der Waals surface area contributed by atoms with Gasteiger partial charge in [-0.2, -0.15) is 5.10 Å². The van der Waals surface area contributed by atoms with E-state index in [1.807, 2.05) is 6.07 Å². The minimum absolute atomic E-state index is 0.00402. The van der Waals surface area contributed by atoms with Crippen molar-refractivity contribution in [3.63, 3.8) is 0 Å². The molecule has 1 heterocycles. The fourth-order valence-corrected chi connectivity index (χ4v) is 2.97. The Bertz CT molecular complexity index is 1150. The summed E-state index contributed by atoms with van der Waals surface area (Å²) in [5.74, 6) is 0.141. The third-order valence-electron chi connectivity index (χ3n) is 4.68. The average molecular weight is 441 g/mol. The molecule has 0 radical (unpaired) electrons. The zero-order valence-electron chi connectivity index (χ0n) is 18.0. The van der Waals surface area contributed by atoms with Crippen LogP contribution in [-0.2, 0) is 11.3 Å². The van der Waals surface area contributed by atoms with Crippen LogP contribution in [0.1, 0.15) is 6.92 Å². The Morgan fingerprint density at radius 1 is 1.06 bits per heavy atom. The highest BCUT2D eigenvalue weighted by atomic mass is 19.1. The standard InChI is InChI=1S/C23H24FN3O5/c1-15(32-19-7-5-4-6-17(19)24)23(29)25-12-13-27-22(28)11-9-18(26-27)16-8-10-20(30-2)21(14-16)31-3/h4-11,14-15H,12-13H2,1-3H3,(H,25,29). The third kappa shape index (κ3) is 5.42. The lowest BCUT2D eigenvalue weighted by atomic mass is 10.1. The SMILES string of the molecule is COc1ccc(-c2ccc(=O)n(CCNC(=O)C(C)Oc3ccccc3F)n2)cc1OC. The van der Waals surface area contributed by atoms with E-state index in [0.717, 1.165) is 5.56 Å². The van der Waals surface area contributed by atoms with Crippen LogP contribution in [0.25, 0.3) is 11.3 Å². The smallest absolute Gasteiger partial charge is 0.266 e. The van der Waals surface area contributed by atoms with Crippen molar-refractivity contribution in [2.75, 3.05) is 20.8 Å². The quantitative estimate of drug-likeness (QED) is 0.549. The molecule has 0 fully saturated rings. The molecule has 2 aromatic carbocycles. The molecule has 9 heteroatoms. The number of amides is 1. The molecule has 0 bridgehead atoms. The van der Waals surface area contributed by atoms with Crippen LogP contribution in [0.2, 0.25) is 0 Å². The van der Waals surface area contributed by atoms with Crippen LogP contribution in [0.4, 0.5) is 4.39 Å². The Balaban J connectivity index is 1.64. The molecule has 1 atom stereocenters. The maximum Gasteiger partial charge on any atom is 0.266 e. The van der Waals surface area contributed by atoms with E-state index in [2.05, 4.69) is 10.4 Å². The maximum atomic E-state index is 13.7. The van der Waals surface area contributed by atoms with Crippen LogP contribution in [0.3, 0.4) is 0 Å². The number of aromatic nitrogens is 2. The highest BCUT2D eigenvalue weighted by molar-refractivity contribution is 5.80. The van der Waals surface area contributed by atoms with Gasteiger partial charge in [-0.25, -0.2) is 9.07 Å². The number of carbonyl (C=O) groups excluding carboxylic acids is 1. The summed E-state index contributed by atoms with van der Waals surface area (Å²) in [6.45, 7) is 1.81. The molecule has 3 rings (SSSR count). The number of hydrogen-bond donors (Lipinski definition) is 1. The summed E-state index contributed by atoms with van der Waals surface area (Å²) < 4.78 is 30.8. The van der Waals surface area contributed by atoms with Crippen molar-refractivity contribution in [1.82, 2.24) is 15.1 Å². The van der Waals surface area contributed by atoms with Crippen LogP contribution in [0.15, 0.2) is 59.4 Å². The average Bonchev–Trinajstić information content (AvgIpc) is 2.81. The van der Waals surface area contributed by atoms with E-state index in [1.54, 1.807) is 31.4 Å². The van der Waals surface area contributed by atoms with E-state index in [1.165, 1.54) is 43.0 Å². The van der Waals surface area contributed by atoms with Gasteiger partial charge in [0.1, 0.15) is 0 Å². The van der Waals surface area contributed by atoms with Crippen LogP contribution in [0, 0.1) is 5.82 Å². The van der Waals surface area contributed by atoms with Crippen molar-refractivity contribution < 1.29 is 23.4 Å². The number of carbonyl (C=O) groups is 1. The zero-order valence-corrected chi connectivity index (χ0v) is 18.0. The normalized spacial score (nSPS) is 11.5. The topological polar surface area (TPSA) is 91.7 Å². The number of ether oxygens (including phenoxy) is 3. The van der Waals surface area contributed by atoms with Gasteiger partial charge in [0.25, 0.3) is 11.5 Å². The second kappa shape index (κ2) is 10.4. The molecule has 0 saturated carbocycles. The van der Waals surface area contributed by atoms with Gasteiger partial charge < -0.3 is 19.5 Å². The van der Waals surface area contributed by atoms with E-state index in [-0.39, 0.29) is 24.4 Å². The minimum Gasteiger partial charge on any atom is -0.493 e. The molecular weight excluding hydrogens is 417 g/mol. The number of rotatable bonds is 9. The summed E-state index contributed by atoms with van der Waals surface area (Å²) in [4.78, 5) is 24.5. The van der Waals surface area contributed by atoms with E-state index in [0.29, 0.717) is 17.2 Å². The third-order valence-corrected chi connectivity index (χ3v) is 4.68. The summed E-state index contributed by atoms with van der Waals surface area (Å²) >= 11 is 0. The molecule has 1 unspecified atom stereocenters. The second-order valence-corrected chi connectivity index (χ2v) is 6.83. The molecule has 1 amide bonds. The van der Waals surface area contributed by atoms with Crippen molar-refractivity contribution in [1.29, 1.82) is 0 Å². The molecule has 0 aliphatic carbocycles. The molecule has 0 saturated heterocycles. The van der Waals surface area contributed by atoms with Gasteiger partial charge in [0.05, 0.1) is 26.5 Å². The highest BCUT2D eigenvalue weighted by Gasteiger charge is 2.16. The lowest BCUT2D eigenvalue weighted by molar-refractivity contribution is -0.127. The summed E-state index contributed by atoms with van der Waals surface area (Å²) in [6, 6.07) is 14.2. The molecule has 168 valence electrons. The van der Waals surface area contributed by atoms with E-state index < -0.39 is 17.8 Å². The predicted molar refractivity (Wildman–Crippen MR) is 117 cm³/mol. The fourth-order valence-electron chi connectivity index (χ4n) is 2.97. The van der Waals surface area contributed by atoms with Crippen molar-refractivity contribution >= 4 is 5.91 Å². The first-order chi connectivity index (χ1) is 15.4. The van der Waals surface area contributed by atoms with Gasteiger partial charge in [0, 0.05) is 18.2 Å². The van der Waals surface area contributed by atoms with Crippen LogP contribution < -0.4 is 25.1 Å². The number of para-hydroxylation sites is 1. The van der Waals surface area contributed by atoms with Crippen molar-refractivity contribution in [2.45, 2.75) is 19.6 Å². The van der Waals surface area contributed by atoms with E-state index >= 15 is 0 Å². The van der Waals surface area contributed by atoms with Crippen molar-refractivity contribution in [3.05, 3.63) is 70.8 Å². The number of halogens is 1. The molecule has 1 aromatic heterocycles. The maximum absolute atomic E-state index is 13.7. The predicted octanol–water partition coefficient (Wildman–Crippen LogP) is 2.65. The van der Waals surface area contributed by atoms with Gasteiger partial charge in [-0.1, -0.05) is 12.1 Å². The van der Waals surface area contributed by atoms with Crippen LogP contribution in [0.5, 0.6) is 17.2 Å². The van der Waals surface area contributed by atoms with Gasteiger partial charge >= 0.3 is 0 Å². The number of nitrogens with zero attached hydrogens (tertiary/aromatic N) is 2. The van der Waals surface area contributed by atoms with Crippen LogP contribution in [-0.4, -0.2) is 42.6 Å². The van der Waals surface area contributed by atoms with Gasteiger partial charge in [-0.05, 0) is 43.3 Å². The van der Waals surface area contributed by atoms with E-state index in [4.69, 9.17) is 14.2 Å².